The van der Waals surface area contributed by atoms with Crippen LogP contribution in [-0.4, -0.2) is 32.0 Å². The number of sulfonamides is 1. The van der Waals surface area contributed by atoms with Gasteiger partial charge < -0.3 is 4.74 Å². The molecule has 0 heterocycles. The van der Waals surface area contributed by atoms with Crippen molar-refractivity contribution in [3.05, 3.63) is 64.2 Å². The van der Waals surface area contributed by atoms with Gasteiger partial charge in [-0.15, -0.1) is 0 Å². The van der Waals surface area contributed by atoms with Crippen LogP contribution in [0.15, 0.2) is 47.4 Å². The van der Waals surface area contributed by atoms with Crippen molar-refractivity contribution < 1.29 is 31.7 Å². The first-order valence-electron chi connectivity index (χ1n) is 7.94. The van der Waals surface area contributed by atoms with Gasteiger partial charge in [-0.2, -0.15) is 0 Å². The summed E-state index contributed by atoms with van der Waals surface area (Å²) in [6.07, 6.45) is -0.562. The van der Waals surface area contributed by atoms with Crippen molar-refractivity contribution in [1.29, 1.82) is 0 Å². The fourth-order valence-electron chi connectivity index (χ4n) is 2.29. The van der Waals surface area contributed by atoms with E-state index in [-0.39, 0.29) is 0 Å². The summed E-state index contributed by atoms with van der Waals surface area (Å²) < 4.78 is 58.8. The van der Waals surface area contributed by atoms with E-state index in [9.17, 15) is 32.1 Å². The summed E-state index contributed by atoms with van der Waals surface area (Å²) in [5.41, 5.74) is -1.11. The molecule has 0 atom stereocenters. The van der Waals surface area contributed by atoms with Crippen LogP contribution in [0, 0.1) is 21.7 Å². The lowest BCUT2D eigenvalue weighted by Gasteiger charge is -2.24. The molecular weight excluding hydrogens is 398 g/mol. The second-order valence-electron chi connectivity index (χ2n) is 5.90. The third-order valence-corrected chi connectivity index (χ3v) is 5.19. The van der Waals surface area contributed by atoms with Crippen LogP contribution in [-0.2, 0) is 19.6 Å². The van der Waals surface area contributed by atoms with Gasteiger partial charge in [0.15, 0.2) is 0 Å². The summed E-state index contributed by atoms with van der Waals surface area (Å²) in [6, 6.07) is 6.18. The molecule has 0 saturated heterocycles. The number of carbonyl (C=O) groups excluding carboxylic acids is 1. The van der Waals surface area contributed by atoms with E-state index in [1.807, 2.05) is 0 Å². The Balaban J connectivity index is 2.57. The number of benzene rings is 2. The molecule has 11 heteroatoms. The van der Waals surface area contributed by atoms with Gasteiger partial charge in [-0.1, -0.05) is 6.07 Å². The lowest BCUT2D eigenvalue weighted by Crippen LogP contribution is -2.37. The van der Waals surface area contributed by atoms with Crippen molar-refractivity contribution in [2.75, 3.05) is 10.8 Å². The predicted octanol–water partition coefficient (Wildman–Crippen LogP) is 3.02. The van der Waals surface area contributed by atoms with E-state index in [1.165, 1.54) is 13.8 Å². The lowest BCUT2D eigenvalue weighted by atomic mass is 10.3. The number of hydrogen-bond donors (Lipinski definition) is 0. The molecule has 0 saturated carbocycles. The van der Waals surface area contributed by atoms with Crippen LogP contribution in [0.5, 0.6) is 0 Å². The molecule has 0 amide bonds. The highest BCUT2D eigenvalue weighted by atomic mass is 32.2. The Morgan fingerprint density at radius 3 is 2.46 bits per heavy atom. The highest BCUT2D eigenvalue weighted by Crippen LogP contribution is 2.28. The number of ether oxygens (including phenoxy) is 1. The van der Waals surface area contributed by atoms with Gasteiger partial charge in [0, 0.05) is 18.2 Å². The molecule has 0 bridgehead atoms. The molecule has 0 aromatic heterocycles. The maximum atomic E-state index is 14.3. The van der Waals surface area contributed by atoms with Gasteiger partial charge in [-0.25, -0.2) is 17.2 Å². The van der Waals surface area contributed by atoms with E-state index in [2.05, 4.69) is 0 Å². The second-order valence-corrected chi connectivity index (χ2v) is 7.76. The Morgan fingerprint density at radius 1 is 1.21 bits per heavy atom. The van der Waals surface area contributed by atoms with Crippen LogP contribution >= 0.6 is 0 Å². The molecule has 0 fully saturated rings. The molecule has 2 rings (SSSR count). The number of nitro benzene ring substituents is 1. The van der Waals surface area contributed by atoms with Gasteiger partial charge in [0.2, 0.25) is 0 Å². The van der Waals surface area contributed by atoms with Crippen molar-refractivity contribution >= 4 is 27.4 Å². The quantitative estimate of drug-likeness (QED) is 0.392. The molecule has 28 heavy (non-hydrogen) atoms. The number of non-ortho nitro benzene ring substituents is 1. The molecule has 0 radical (unpaired) electrons. The Labute approximate surface area is 159 Å². The largest absolute Gasteiger partial charge is 0.462 e. The molecule has 2 aromatic rings. The summed E-state index contributed by atoms with van der Waals surface area (Å²) in [4.78, 5) is 21.6. The first kappa shape index (κ1) is 21.2. The van der Waals surface area contributed by atoms with E-state index in [1.54, 1.807) is 0 Å². The summed E-state index contributed by atoms with van der Waals surface area (Å²) in [5.74, 6) is -3.15. The summed E-state index contributed by atoms with van der Waals surface area (Å²) >= 11 is 0. The van der Waals surface area contributed by atoms with Crippen LogP contribution in [0.4, 0.5) is 20.2 Å². The molecule has 0 unspecified atom stereocenters. The summed E-state index contributed by atoms with van der Waals surface area (Å²) in [7, 11) is -4.61. The highest BCUT2D eigenvalue weighted by Gasteiger charge is 2.31. The van der Waals surface area contributed by atoms with Gasteiger partial charge in [-0.3, -0.25) is 19.2 Å². The van der Waals surface area contributed by atoms with Crippen molar-refractivity contribution in [1.82, 2.24) is 0 Å². The fourth-order valence-corrected chi connectivity index (χ4v) is 3.74. The molecule has 0 aliphatic carbocycles. The fraction of sp³-hybridized carbons (Fsp3) is 0.235. The van der Waals surface area contributed by atoms with Crippen molar-refractivity contribution in [2.45, 2.75) is 24.8 Å². The number of nitrogens with zero attached hydrogens (tertiary/aromatic N) is 2. The highest BCUT2D eigenvalue weighted by molar-refractivity contribution is 7.92. The normalized spacial score (nSPS) is 11.3. The number of carbonyl (C=O) groups is 1. The maximum absolute atomic E-state index is 14.3. The predicted molar refractivity (Wildman–Crippen MR) is 95.2 cm³/mol. The van der Waals surface area contributed by atoms with Crippen LogP contribution in [0.1, 0.15) is 13.8 Å². The zero-order chi connectivity index (χ0) is 21.1. The van der Waals surface area contributed by atoms with Crippen molar-refractivity contribution in [3.8, 4) is 0 Å². The molecule has 150 valence electrons. The number of anilines is 1. The smallest absolute Gasteiger partial charge is 0.327 e. The number of rotatable bonds is 7. The Morgan fingerprint density at radius 2 is 1.89 bits per heavy atom. The monoisotopic (exact) mass is 414 g/mol. The van der Waals surface area contributed by atoms with E-state index < -0.39 is 61.5 Å². The van der Waals surface area contributed by atoms with Gasteiger partial charge in [0.1, 0.15) is 18.2 Å². The average molecular weight is 414 g/mol. The summed E-state index contributed by atoms with van der Waals surface area (Å²) in [6.45, 7) is 2.16. The van der Waals surface area contributed by atoms with E-state index >= 15 is 0 Å². The topological polar surface area (TPSA) is 107 Å². The number of nitro groups is 1. The minimum atomic E-state index is -4.61. The van der Waals surface area contributed by atoms with Crippen LogP contribution in [0.2, 0.25) is 0 Å². The molecule has 0 N–H and O–H groups in total. The van der Waals surface area contributed by atoms with Gasteiger partial charge in [0.25, 0.3) is 15.7 Å². The lowest BCUT2D eigenvalue weighted by molar-refractivity contribution is -0.385. The van der Waals surface area contributed by atoms with E-state index in [0.717, 1.165) is 36.4 Å². The number of hydrogen-bond acceptors (Lipinski definition) is 6. The standard InChI is InChI=1S/C17H16F2N2O6S/c1-11(2)27-17(22)10-20(16-7-6-12(18)8-15(16)19)28(25,26)14-5-3-4-13(9-14)21(23)24/h3-9,11H,10H2,1-2H3. The van der Waals surface area contributed by atoms with E-state index in [4.69, 9.17) is 4.74 Å². The Hall–Kier alpha value is -3.08. The minimum absolute atomic E-state index is 0.381. The van der Waals surface area contributed by atoms with Crippen LogP contribution in [0.3, 0.4) is 0 Å². The zero-order valence-electron chi connectivity index (χ0n) is 14.8. The third kappa shape index (κ3) is 4.80. The number of halogens is 2. The Kier molecular flexibility index (Phi) is 6.29. The first-order chi connectivity index (χ1) is 13.0. The van der Waals surface area contributed by atoms with Crippen LogP contribution in [0.25, 0.3) is 0 Å². The second kappa shape index (κ2) is 8.30. The first-order valence-corrected chi connectivity index (χ1v) is 9.38. The van der Waals surface area contributed by atoms with Gasteiger partial charge in [0.05, 0.1) is 21.6 Å². The zero-order valence-corrected chi connectivity index (χ0v) is 15.7. The van der Waals surface area contributed by atoms with E-state index in [0.29, 0.717) is 10.4 Å². The van der Waals surface area contributed by atoms with Crippen molar-refractivity contribution in [3.63, 3.8) is 0 Å². The Bertz CT molecular complexity index is 1010. The SMILES string of the molecule is CC(C)OC(=O)CN(c1ccc(F)cc1F)S(=O)(=O)c1cccc([N+](=O)[O-])c1. The molecule has 8 nitrogen and oxygen atoms in total. The minimum Gasteiger partial charge on any atom is -0.462 e. The molecule has 2 aromatic carbocycles. The third-order valence-electron chi connectivity index (χ3n) is 3.43. The molecule has 0 aliphatic rings. The maximum Gasteiger partial charge on any atom is 0.327 e. The van der Waals surface area contributed by atoms with Gasteiger partial charge >= 0.3 is 5.97 Å². The molecule has 0 spiro atoms. The average Bonchev–Trinajstić information content (AvgIpc) is 2.59. The van der Waals surface area contributed by atoms with Gasteiger partial charge in [-0.05, 0) is 32.0 Å². The van der Waals surface area contributed by atoms with Crippen LogP contribution < -0.4 is 4.31 Å². The molecular formula is C17H16F2N2O6S. The molecule has 0 aliphatic heterocycles. The van der Waals surface area contributed by atoms with Crippen molar-refractivity contribution in [2.24, 2.45) is 0 Å². The summed E-state index contributed by atoms with van der Waals surface area (Å²) in [5, 5.41) is 10.9. The number of esters is 1.